The number of unbranched alkanes of at least 4 members (excludes halogenated alkanes) is 1. The number of aryl methyl sites for hydroxylation is 1. The first-order chi connectivity index (χ1) is 5.25. The number of nitrogens with zero attached hydrogens (tertiary/aromatic N) is 2. The van der Waals surface area contributed by atoms with E-state index < -0.39 is 0 Å². The average molecular weight is 156 g/mol. The molecule has 4 heteroatoms. The molecule has 1 heterocycles. The van der Waals surface area contributed by atoms with Crippen LogP contribution in [0.3, 0.4) is 0 Å². The fraction of sp³-hybridized carbons (Fsp3) is 0.571. The molecule has 0 unspecified atom stereocenters. The lowest BCUT2D eigenvalue weighted by Crippen LogP contribution is -1.93. The highest BCUT2D eigenvalue weighted by atomic mass is 16.3. The van der Waals surface area contributed by atoms with Crippen molar-refractivity contribution in [3.05, 3.63) is 6.33 Å². The van der Waals surface area contributed by atoms with Crippen LogP contribution in [0.5, 0.6) is 11.8 Å². The van der Waals surface area contributed by atoms with Crippen molar-refractivity contribution in [3.8, 4) is 11.8 Å². The molecule has 0 aliphatic heterocycles. The molecular weight excluding hydrogens is 144 g/mol. The van der Waals surface area contributed by atoms with Crippen molar-refractivity contribution in [2.45, 2.75) is 26.3 Å². The summed E-state index contributed by atoms with van der Waals surface area (Å²) in [5.41, 5.74) is 0. The van der Waals surface area contributed by atoms with Crippen LogP contribution in [-0.4, -0.2) is 19.8 Å². The molecule has 11 heavy (non-hydrogen) atoms. The number of hydrogen-bond acceptors (Lipinski definition) is 3. The lowest BCUT2D eigenvalue weighted by Gasteiger charge is -2.00. The molecule has 0 atom stereocenters. The zero-order valence-electron chi connectivity index (χ0n) is 6.49. The van der Waals surface area contributed by atoms with Gasteiger partial charge in [-0.05, 0) is 6.42 Å². The monoisotopic (exact) mass is 156 g/mol. The first-order valence-electron chi connectivity index (χ1n) is 3.68. The molecule has 1 rings (SSSR count). The molecule has 0 saturated carbocycles. The maximum atomic E-state index is 9.11. The van der Waals surface area contributed by atoms with Crippen molar-refractivity contribution in [1.29, 1.82) is 0 Å². The molecule has 0 fully saturated rings. The second-order valence-corrected chi connectivity index (χ2v) is 2.44. The van der Waals surface area contributed by atoms with Gasteiger partial charge in [0.1, 0.15) is 6.33 Å². The Morgan fingerprint density at radius 1 is 1.55 bits per heavy atom. The highest BCUT2D eigenvalue weighted by Crippen LogP contribution is 2.21. The van der Waals surface area contributed by atoms with Gasteiger partial charge < -0.3 is 10.2 Å². The van der Waals surface area contributed by atoms with E-state index in [0.29, 0.717) is 6.54 Å². The van der Waals surface area contributed by atoms with E-state index in [4.69, 9.17) is 10.2 Å². The molecule has 62 valence electrons. The third-order valence-electron chi connectivity index (χ3n) is 1.54. The topological polar surface area (TPSA) is 58.3 Å². The van der Waals surface area contributed by atoms with Crippen molar-refractivity contribution in [3.63, 3.8) is 0 Å². The quantitative estimate of drug-likeness (QED) is 0.688. The molecule has 0 aromatic carbocycles. The minimum atomic E-state index is -0.291. The summed E-state index contributed by atoms with van der Waals surface area (Å²) < 4.78 is 1.53. The zero-order chi connectivity index (χ0) is 8.27. The number of aromatic hydroxyl groups is 2. The van der Waals surface area contributed by atoms with Crippen LogP contribution in [0.1, 0.15) is 19.8 Å². The molecule has 0 aliphatic rings. The van der Waals surface area contributed by atoms with Crippen molar-refractivity contribution in [2.24, 2.45) is 0 Å². The Morgan fingerprint density at radius 2 is 2.27 bits per heavy atom. The van der Waals surface area contributed by atoms with E-state index in [0.717, 1.165) is 12.8 Å². The van der Waals surface area contributed by atoms with E-state index in [9.17, 15) is 0 Å². The Morgan fingerprint density at radius 3 is 2.73 bits per heavy atom. The smallest absolute Gasteiger partial charge is 0.274 e. The van der Waals surface area contributed by atoms with Gasteiger partial charge in [0.25, 0.3) is 11.8 Å². The SMILES string of the molecule is CCCCn1cnc(O)c1O. The summed E-state index contributed by atoms with van der Waals surface area (Å²) in [6, 6.07) is 0. The largest absolute Gasteiger partial charge is 0.491 e. The van der Waals surface area contributed by atoms with Crippen molar-refractivity contribution < 1.29 is 10.2 Å². The maximum absolute atomic E-state index is 9.11. The molecule has 1 aromatic rings. The van der Waals surface area contributed by atoms with E-state index in [1.165, 1.54) is 10.9 Å². The predicted molar refractivity (Wildman–Crippen MR) is 40.5 cm³/mol. The van der Waals surface area contributed by atoms with Gasteiger partial charge in [0, 0.05) is 6.54 Å². The normalized spacial score (nSPS) is 10.3. The summed E-state index contributed by atoms with van der Waals surface area (Å²) >= 11 is 0. The minimum Gasteiger partial charge on any atom is -0.491 e. The molecule has 0 spiro atoms. The summed E-state index contributed by atoms with van der Waals surface area (Å²) in [7, 11) is 0. The fourth-order valence-electron chi connectivity index (χ4n) is 0.857. The van der Waals surface area contributed by atoms with E-state index in [1.807, 2.05) is 0 Å². The van der Waals surface area contributed by atoms with Gasteiger partial charge in [-0.2, -0.15) is 4.98 Å². The van der Waals surface area contributed by atoms with Gasteiger partial charge in [-0.1, -0.05) is 13.3 Å². The van der Waals surface area contributed by atoms with Crippen molar-refractivity contribution in [1.82, 2.24) is 9.55 Å². The van der Waals surface area contributed by atoms with E-state index in [1.54, 1.807) is 0 Å². The fourth-order valence-corrected chi connectivity index (χ4v) is 0.857. The molecule has 1 aromatic heterocycles. The van der Waals surface area contributed by atoms with Crippen molar-refractivity contribution in [2.75, 3.05) is 0 Å². The highest BCUT2D eigenvalue weighted by Gasteiger charge is 2.05. The summed E-state index contributed by atoms with van der Waals surface area (Å²) in [4.78, 5) is 3.54. The summed E-state index contributed by atoms with van der Waals surface area (Å²) in [5, 5.41) is 18.0. The van der Waals surface area contributed by atoms with Crippen LogP contribution in [0.4, 0.5) is 0 Å². The Balaban J connectivity index is 2.63. The van der Waals surface area contributed by atoms with Crippen LogP contribution in [0, 0.1) is 0 Å². The van der Waals surface area contributed by atoms with Gasteiger partial charge in [-0.25, -0.2) is 0 Å². The number of imidazole rings is 1. The molecule has 2 N–H and O–H groups in total. The number of hydrogen-bond donors (Lipinski definition) is 2. The number of rotatable bonds is 3. The maximum Gasteiger partial charge on any atom is 0.274 e. The molecular formula is C7H12N2O2. The Hall–Kier alpha value is -1.19. The minimum absolute atomic E-state index is 0.140. The third-order valence-corrected chi connectivity index (χ3v) is 1.54. The van der Waals surface area contributed by atoms with Crippen LogP contribution in [-0.2, 0) is 6.54 Å². The molecule has 0 saturated heterocycles. The van der Waals surface area contributed by atoms with Gasteiger partial charge in [0.05, 0.1) is 0 Å². The second-order valence-electron chi connectivity index (χ2n) is 2.44. The standard InChI is InChI=1S/C7H12N2O2/c1-2-3-4-9-5-8-6(10)7(9)11/h5,10-11H,2-4H2,1H3. The van der Waals surface area contributed by atoms with Gasteiger partial charge in [0.2, 0.25) is 0 Å². The van der Waals surface area contributed by atoms with Crippen molar-refractivity contribution >= 4 is 0 Å². The molecule has 0 amide bonds. The van der Waals surface area contributed by atoms with E-state index in [-0.39, 0.29) is 11.8 Å². The highest BCUT2D eigenvalue weighted by molar-refractivity contribution is 5.22. The third kappa shape index (κ3) is 1.63. The average Bonchev–Trinajstić information content (AvgIpc) is 2.31. The van der Waals surface area contributed by atoms with Crippen LogP contribution < -0.4 is 0 Å². The number of aromatic nitrogens is 2. The van der Waals surface area contributed by atoms with Crippen LogP contribution >= 0.6 is 0 Å². The van der Waals surface area contributed by atoms with E-state index in [2.05, 4.69) is 11.9 Å². The zero-order valence-corrected chi connectivity index (χ0v) is 6.49. The predicted octanol–water partition coefficient (Wildman–Crippen LogP) is 1.09. The molecule has 0 radical (unpaired) electrons. The first kappa shape index (κ1) is 7.91. The lowest BCUT2D eigenvalue weighted by molar-refractivity contribution is 0.364. The molecule has 0 bridgehead atoms. The van der Waals surface area contributed by atoms with Crippen LogP contribution in [0.25, 0.3) is 0 Å². The summed E-state index contributed by atoms with van der Waals surface area (Å²) in [6.07, 6.45) is 3.46. The van der Waals surface area contributed by atoms with Gasteiger partial charge in [-0.15, -0.1) is 0 Å². The Kier molecular flexibility index (Phi) is 2.36. The Labute approximate surface area is 65.1 Å². The molecule has 4 nitrogen and oxygen atoms in total. The summed E-state index contributed by atoms with van der Waals surface area (Å²) in [6.45, 7) is 2.77. The summed E-state index contributed by atoms with van der Waals surface area (Å²) in [5.74, 6) is -0.431. The van der Waals surface area contributed by atoms with Gasteiger partial charge >= 0.3 is 0 Å². The Bertz CT molecular complexity index is 232. The van der Waals surface area contributed by atoms with Gasteiger partial charge in [0.15, 0.2) is 0 Å². The van der Waals surface area contributed by atoms with Crippen LogP contribution in [0.2, 0.25) is 0 Å². The van der Waals surface area contributed by atoms with Crippen LogP contribution in [0.15, 0.2) is 6.33 Å². The molecule has 0 aliphatic carbocycles. The van der Waals surface area contributed by atoms with Gasteiger partial charge in [-0.3, -0.25) is 4.57 Å². The second kappa shape index (κ2) is 3.27. The first-order valence-corrected chi connectivity index (χ1v) is 3.68. The lowest BCUT2D eigenvalue weighted by atomic mass is 10.3. The van der Waals surface area contributed by atoms with E-state index >= 15 is 0 Å².